The molecule has 2 fully saturated rings. The fourth-order valence-corrected chi connectivity index (χ4v) is 3.14. The molecule has 0 N–H and O–H groups in total. The molecular formula is C15H19N3O. The van der Waals surface area contributed by atoms with Gasteiger partial charge in [-0.2, -0.15) is 5.26 Å². The summed E-state index contributed by atoms with van der Waals surface area (Å²) in [7, 11) is 0. The Morgan fingerprint density at radius 2 is 2.11 bits per heavy atom. The van der Waals surface area contributed by atoms with E-state index in [-0.39, 0.29) is 0 Å². The van der Waals surface area contributed by atoms with Crippen LogP contribution in [0.25, 0.3) is 0 Å². The second kappa shape index (κ2) is 5.58. The molecule has 1 unspecified atom stereocenters. The van der Waals surface area contributed by atoms with Crippen LogP contribution in [0.1, 0.15) is 31.4 Å². The van der Waals surface area contributed by atoms with E-state index >= 15 is 0 Å². The molecule has 2 aliphatic rings. The van der Waals surface area contributed by atoms with Gasteiger partial charge in [0.15, 0.2) is 0 Å². The van der Waals surface area contributed by atoms with Crippen molar-refractivity contribution in [3.05, 3.63) is 23.9 Å². The van der Waals surface area contributed by atoms with Crippen LogP contribution >= 0.6 is 0 Å². The van der Waals surface area contributed by atoms with Crippen LogP contribution in [0.3, 0.4) is 0 Å². The molecule has 1 aromatic heterocycles. The van der Waals surface area contributed by atoms with Gasteiger partial charge < -0.3 is 9.64 Å². The quantitative estimate of drug-likeness (QED) is 0.816. The molecule has 0 aromatic carbocycles. The first-order valence-electron chi connectivity index (χ1n) is 7.10. The Balaban J connectivity index is 1.61. The van der Waals surface area contributed by atoms with Crippen LogP contribution in [0.15, 0.2) is 18.2 Å². The fourth-order valence-electron chi connectivity index (χ4n) is 3.14. The van der Waals surface area contributed by atoms with Gasteiger partial charge in [0.2, 0.25) is 0 Å². The number of rotatable bonds is 2. The highest BCUT2D eigenvalue weighted by atomic mass is 16.5. The van der Waals surface area contributed by atoms with Crippen LogP contribution < -0.4 is 4.90 Å². The molecule has 3 heterocycles. The van der Waals surface area contributed by atoms with Crippen molar-refractivity contribution in [1.82, 2.24) is 4.98 Å². The van der Waals surface area contributed by atoms with E-state index in [1.54, 1.807) is 6.07 Å². The van der Waals surface area contributed by atoms with E-state index in [0.717, 1.165) is 25.5 Å². The zero-order valence-electron chi connectivity index (χ0n) is 11.1. The molecule has 4 nitrogen and oxygen atoms in total. The highest BCUT2D eigenvalue weighted by Crippen LogP contribution is 2.30. The lowest BCUT2D eigenvalue weighted by Crippen LogP contribution is -2.38. The van der Waals surface area contributed by atoms with Crippen LogP contribution in [0, 0.1) is 17.2 Å². The number of hydrogen-bond donors (Lipinski definition) is 0. The Morgan fingerprint density at radius 1 is 1.26 bits per heavy atom. The first-order chi connectivity index (χ1) is 9.36. The number of anilines is 1. The van der Waals surface area contributed by atoms with E-state index in [4.69, 9.17) is 10.00 Å². The molecule has 0 spiro atoms. The van der Waals surface area contributed by atoms with Crippen molar-refractivity contribution in [3.63, 3.8) is 0 Å². The van der Waals surface area contributed by atoms with Gasteiger partial charge in [-0.05, 0) is 43.7 Å². The number of aromatic nitrogens is 1. The van der Waals surface area contributed by atoms with Crippen molar-refractivity contribution in [2.75, 3.05) is 24.6 Å². The highest BCUT2D eigenvalue weighted by Gasteiger charge is 2.29. The van der Waals surface area contributed by atoms with Gasteiger partial charge in [-0.1, -0.05) is 6.07 Å². The lowest BCUT2D eigenvalue weighted by Gasteiger charge is -2.35. The van der Waals surface area contributed by atoms with Crippen LogP contribution in [0.2, 0.25) is 0 Å². The summed E-state index contributed by atoms with van der Waals surface area (Å²) < 4.78 is 5.79. The molecule has 2 saturated heterocycles. The van der Waals surface area contributed by atoms with Crippen molar-refractivity contribution in [1.29, 1.82) is 5.26 Å². The number of nitrogens with zero attached hydrogens (tertiary/aromatic N) is 3. The third kappa shape index (κ3) is 2.71. The SMILES string of the molecule is N#Cc1cccc(N2CCC(C3CCCO3)CC2)n1. The molecule has 2 aliphatic heterocycles. The van der Waals surface area contributed by atoms with E-state index in [2.05, 4.69) is 16.0 Å². The lowest BCUT2D eigenvalue weighted by molar-refractivity contribution is 0.0531. The van der Waals surface area contributed by atoms with Crippen LogP contribution in [-0.4, -0.2) is 30.8 Å². The van der Waals surface area contributed by atoms with Gasteiger partial charge >= 0.3 is 0 Å². The Hall–Kier alpha value is -1.60. The highest BCUT2D eigenvalue weighted by molar-refractivity contribution is 5.41. The van der Waals surface area contributed by atoms with Crippen molar-refractivity contribution < 1.29 is 4.74 Å². The Bertz CT molecular complexity index is 469. The maximum absolute atomic E-state index is 8.90. The molecule has 4 heteroatoms. The largest absolute Gasteiger partial charge is 0.378 e. The van der Waals surface area contributed by atoms with Crippen molar-refractivity contribution in [2.45, 2.75) is 31.8 Å². The molecular weight excluding hydrogens is 238 g/mol. The van der Waals surface area contributed by atoms with Gasteiger partial charge in [-0.25, -0.2) is 4.98 Å². The maximum atomic E-state index is 8.90. The molecule has 1 atom stereocenters. The molecule has 1 aromatic rings. The van der Waals surface area contributed by atoms with Gasteiger partial charge in [-0.3, -0.25) is 0 Å². The number of pyridine rings is 1. The second-order valence-electron chi connectivity index (χ2n) is 5.37. The summed E-state index contributed by atoms with van der Waals surface area (Å²) in [6.07, 6.45) is 5.27. The predicted octanol–water partition coefficient (Wildman–Crippen LogP) is 2.35. The summed E-state index contributed by atoms with van der Waals surface area (Å²) in [5, 5.41) is 8.90. The summed E-state index contributed by atoms with van der Waals surface area (Å²) in [4.78, 5) is 6.66. The minimum atomic E-state index is 0.487. The summed E-state index contributed by atoms with van der Waals surface area (Å²) in [6, 6.07) is 7.76. The van der Waals surface area contributed by atoms with E-state index in [1.165, 1.54) is 25.7 Å². The minimum Gasteiger partial charge on any atom is -0.378 e. The number of ether oxygens (including phenoxy) is 1. The molecule has 3 rings (SSSR count). The zero-order valence-corrected chi connectivity index (χ0v) is 11.1. The Labute approximate surface area is 114 Å². The normalized spacial score (nSPS) is 24.4. The first kappa shape index (κ1) is 12.4. The predicted molar refractivity (Wildman–Crippen MR) is 72.9 cm³/mol. The smallest absolute Gasteiger partial charge is 0.142 e. The zero-order chi connectivity index (χ0) is 13.1. The van der Waals surface area contributed by atoms with Crippen LogP contribution in [-0.2, 0) is 4.74 Å². The Morgan fingerprint density at radius 3 is 2.79 bits per heavy atom. The van der Waals surface area contributed by atoms with Crippen LogP contribution in [0.5, 0.6) is 0 Å². The van der Waals surface area contributed by atoms with Crippen molar-refractivity contribution in [3.8, 4) is 6.07 Å². The number of piperidine rings is 1. The van der Waals surface area contributed by atoms with E-state index in [9.17, 15) is 0 Å². The molecule has 0 radical (unpaired) electrons. The van der Waals surface area contributed by atoms with Gasteiger partial charge in [-0.15, -0.1) is 0 Å². The minimum absolute atomic E-state index is 0.487. The Kier molecular flexibility index (Phi) is 3.65. The lowest BCUT2D eigenvalue weighted by atomic mass is 9.90. The average molecular weight is 257 g/mol. The molecule has 100 valence electrons. The van der Waals surface area contributed by atoms with Gasteiger partial charge in [0.25, 0.3) is 0 Å². The molecule has 0 aliphatic carbocycles. The summed E-state index contributed by atoms with van der Waals surface area (Å²) in [5.74, 6) is 1.64. The van der Waals surface area contributed by atoms with Crippen molar-refractivity contribution >= 4 is 5.82 Å². The van der Waals surface area contributed by atoms with E-state index in [1.807, 2.05) is 12.1 Å². The van der Waals surface area contributed by atoms with Gasteiger partial charge in [0.05, 0.1) is 6.10 Å². The third-order valence-electron chi connectivity index (χ3n) is 4.20. The van der Waals surface area contributed by atoms with E-state index < -0.39 is 0 Å². The molecule has 0 saturated carbocycles. The van der Waals surface area contributed by atoms with Crippen molar-refractivity contribution in [2.24, 2.45) is 5.92 Å². The van der Waals surface area contributed by atoms with Gasteiger partial charge in [0, 0.05) is 19.7 Å². The first-order valence-corrected chi connectivity index (χ1v) is 7.10. The molecule has 0 bridgehead atoms. The number of nitriles is 1. The summed E-state index contributed by atoms with van der Waals surface area (Å²) >= 11 is 0. The standard InChI is InChI=1S/C15H19N3O/c16-11-13-3-1-5-15(17-13)18-8-6-12(7-9-18)14-4-2-10-19-14/h1,3,5,12,14H,2,4,6-10H2. The summed E-state index contributed by atoms with van der Waals surface area (Å²) in [6.45, 7) is 2.98. The fraction of sp³-hybridized carbons (Fsp3) is 0.600. The summed E-state index contributed by atoms with van der Waals surface area (Å²) in [5.41, 5.74) is 0.499. The average Bonchev–Trinajstić information content (AvgIpc) is 3.02. The second-order valence-corrected chi connectivity index (χ2v) is 5.37. The monoisotopic (exact) mass is 257 g/mol. The van der Waals surface area contributed by atoms with Crippen LogP contribution in [0.4, 0.5) is 5.82 Å². The maximum Gasteiger partial charge on any atom is 0.142 e. The van der Waals surface area contributed by atoms with E-state index in [0.29, 0.717) is 17.7 Å². The third-order valence-corrected chi connectivity index (χ3v) is 4.20. The molecule has 0 amide bonds. The number of hydrogen-bond acceptors (Lipinski definition) is 4. The molecule has 19 heavy (non-hydrogen) atoms. The topological polar surface area (TPSA) is 49.2 Å². The van der Waals surface area contributed by atoms with Gasteiger partial charge in [0.1, 0.15) is 17.6 Å².